The molecule has 0 aromatic heterocycles. The van der Waals surface area contributed by atoms with Crippen molar-refractivity contribution in [2.45, 2.75) is 19.8 Å². The number of rotatable bonds is 2. The number of carbonyl (C=O) groups excluding carboxylic acids is 1. The molecule has 0 aromatic carbocycles. The lowest BCUT2D eigenvalue weighted by molar-refractivity contribution is -0.134. The largest absolute Gasteiger partial charge is 0.334 e. The average molecular weight is 151 g/mol. The molecule has 1 amide bonds. The predicted molar refractivity (Wildman–Crippen MR) is 43.8 cm³/mol. The molecule has 0 aliphatic heterocycles. The van der Waals surface area contributed by atoms with Gasteiger partial charge in [-0.15, -0.1) is 6.42 Å². The molecule has 0 unspecified atom stereocenters. The summed E-state index contributed by atoms with van der Waals surface area (Å²) in [6.45, 7) is 2.41. The third-order valence-electron chi connectivity index (χ3n) is 2.19. The normalized spacial score (nSPS) is 18.6. The van der Waals surface area contributed by atoms with Crippen molar-refractivity contribution in [1.82, 2.24) is 4.90 Å². The molecule has 0 heterocycles. The van der Waals surface area contributed by atoms with E-state index in [1.165, 1.54) is 0 Å². The highest BCUT2D eigenvalue weighted by Gasteiger charge is 2.46. The van der Waals surface area contributed by atoms with Crippen LogP contribution in [0.3, 0.4) is 0 Å². The van der Waals surface area contributed by atoms with Crippen molar-refractivity contribution in [2.24, 2.45) is 5.41 Å². The van der Waals surface area contributed by atoms with Gasteiger partial charge in [0.1, 0.15) is 0 Å². The maximum absolute atomic E-state index is 11.4. The molecule has 0 saturated heterocycles. The zero-order valence-electron chi connectivity index (χ0n) is 7.05. The van der Waals surface area contributed by atoms with Crippen molar-refractivity contribution in [3.8, 4) is 12.3 Å². The zero-order chi connectivity index (χ0) is 8.48. The Hall–Kier alpha value is -0.970. The summed E-state index contributed by atoms with van der Waals surface area (Å²) >= 11 is 0. The van der Waals surface area contributed by atoms with Crippen molar-refractivity contribution >= 4 is 5.91 Å². The first-order valence-electron chi connectivity index (χ1n) is 3.79. The molecule has 0 spiro atoms. The first-order chi connectivity index (χ1) is 5.10. The number of carbonyl (C=O) groups is 1. The van der Waals surface area contributed by atoms with Crippen LogP contribution in [0.1, 0.15) is 19.8 Å². The second kappa shape index (κ2) is 2.58. The van der Waals surface area contributed by atoms with Crippen LogP contribution in [0.4, 0.5) is 0 Å². The van der Waals surface area contributed by atoms with Gasteiger partial charge in [-0.3, -0.25) is 4.79 Å². The van der Waals surface area contributed by atoms with Crippen molar-refractivity contribution in [3.63, 3.8) is 0 Å². The van der Waals surface area contributed by atoms with Gasteiger partial charge in [-0.2, -0.15) is 0 Å². The second-order valence-electron chi connectivity index (χ2n) is 3.43. The highest BCUT2D eigenvalue weighted by Crippen LogP contribution is 2.46. The first-order valence-corrected chi connectivity index (χ1v) is 3.79. The van der Waals surface area contributed by atoms with E-state index in [0.29, 0.717) is 6.54 Å². The number of hydrogen-bond acceptors (Lipinski definition) is 1. The predicted octanol–water partition coefficient (Wildman–Crippen LogP) is 0.878. The van der Waals surface area contributed by atoms with Gasteiger partial charge in [0.25, 0.3) is 0 Å². The quantitative estimate of drug-likeness (QED) is 0.536. The van der Waals surface area contributed by atoms with Crippen LogP contribution in [0.2, 0.25) is 0 Å². The van der Waals surface area contributed by atoms with Crippen LogP contribution in [0, 0.1) is 17.8 Å². The molecule has 1 fully saturated rings. The fraction of sp³-hybridized carbons (Fsp3) is 0.667. The Morgan fingerprint density at radius 2 is 2.27 bits per heavy atom. The van der Waals surface area contributed by atoms with Gasteiger partial charge in [0.15, 0.2) is 0 Å². The maximum atomic E-state index is 11.4. The van der Waals surface area contributed by atoms with Gasteiger partial charge < -0.3 is 4.90 Å². The van der Waals surface area contributed by atoms with Crippen LogP contribution in [0.15, 0.2) is 0 Å². The number of amides is 1. The lowest BCUT2D eigenvalue weighted by Crippen LogP contribution is -2.32. The Kier molecular flexibility index (Phi) is 1.90. The fourth-order valence-corrected chi connectivity index (χ4v) is 1.07. The molecule has 2 heteroatoms. The Bertz CT molecular complexity index is 210. The summed E-state index contributed by atoms with van der Waals surface area (Å²) in [6, 6.07) is 0. The number of hydrogen-bond donors (Lipinski definition) is 0. The molecule has 60 valence electrons. The van der Waals surface area contributed by atoms with Crippen LogP contribution in [0.5, 0.6) is 0 Å². The fourth-order valence-electron chi connectivity index (χ4n) is 1.07. The first kappa shape index (κ1) is 8.13. The smallest absolute Gasteiger partial charge is 0.229 e. The van der Waals surface area contributed by atoms with Crippen LogP contribution in [-0.2, 0) is 4.79 Å². The van der Waals surface area contributed by atoms with Crippen molar-refractivity contribution < 1.29 is 4.79 Å². The number of nitrogens with zero attached hydrogens (tertiary/aromatic N) is 1. The summed E-state index contributed by atoms with van der Waals surface area (Å²) in [5.41, 5.74) is -0.0778. The van der Waals surface area contributed by atoms with Gasteiger partial charge >= 0.3 is 0 Å². The van der Waals surface area contributed by atoms with E-state index >= 15 is 0 Å². The van der Waals surface area contributed by atoms with E-state index in [9.17, 15) is 4.79 Å². The topological polar surface area (TPSA) is 20.3 Å². The van der Waals surface area contributed by atoms with Gasteiger partial charge in [0.2, 0.25) is 5.91 Å². The summed E-state index contributed by atoms with van der Waals surface area (Å²) < 4.78 is 0. The van der Waals surface area contributed by atoms with E-state index in [1.807, 2.05) is 6.92 Å². The molecule has 2 nitrogen and oxygen atoms in total. The molecule has 0 N–H and O–H groups in total. The molecule has 0 aromatic rings. The minimum Gasteiger partial charge on any atom is -0.334 e. The Morgan fingerprint density at radius 1 is 1.73 bits per heavy atom. The molecule has 11 heavy (non-hydrogen) atoms. The van der Waals surface area contributed by atoms with Gasteiger partial charge in [-0.1, -0.05) is 12.8 Å². The Labute approximate surface area is 67.6 Å². The molecular weight excluding hydrogens is 138 g/mol. The number of terminal acetylenes is 1. The van der Waals surface area contributed by atoms with E-state index in [-0.39, 0.29) is 11.3 Å². The molecule has 0 atom stereocenters. The monoisotopic (exact) mass is 151 g/mol. The average Bonchev–Trinajstić information content (AvgIpc) is 2.68. The summed E-state index contributed by atoms with van der Waals surface area (Å²) in [5, 5.41) is 0. The van der Waals surface area contributed by atoms with Gasteiger partial charge in [-0.05, 0) is 12.8 Å². The van der Waals surface area contributed by atoms with Gasteiger partial charge in [-0.25, -0.2) is 0 Å². The maximum Gasteiger partial charge on any atom is 0.229 e. The molecular formula is C9H13NO. The SMILES string of the molecule is C#CCN(C)C(=O)C1(C)CC1. The van der Waals surface area contributed by atoms with Crippen molar-refractivity contribution in [2.75, 3.05) is 13.6 Å². The van der Waals surface area contributed by atoms with Crippen LogP contribution < -0.4 is 0 Å². The van der Waals surface area contributed by atoms with Crippen molar-refractivity contribution in [1.29, 1.82) is 0 Å². The molecule has 1 aliphatic carbocycles. The summed E-state index contributed by atoms with van der Waals surface area (Å²) in [6.07, 6.45) is 7.12. The van der Waals surface area contributed by atoms with E-state index < -0.39 is 0 Å². The molecule has 1 saturated carbocycles. The van der Waals surface area contributed by atoms with E-state index in [1.54, 1.807) is 11.9 Å². The van der Waals surface area contributed by atoms with Gasteiger partial charge in [0, 0.05) is 12.5 Å². The Morgan fingerprint density at radius 3 is 2.64 bits per heavy atom. The summed E-state index contributed by atoms with van der Waals surface area (Å²) in [5.74, 6) is 2.64. The van der Waals surface area contributed by atoms with Gasteiger partial charge in [0.05, 0.1) is 6.54 Å². The molecule has 1 aliphatic rings. The molecule has 0 radical (unpaired) electrons. The third kappa shape index (κ3) is 1.54. The van der Waals surface area contributed by atoms with Crippen molar-refractivity contribution in [3.05, 3.63) is 0 Å². The minimum atomic E-state index is -0.0778. The van der Waals surface area contributed by atoms with Crippen LogP contribution in [0.25, 0.3) is 0 Å². The van der Waals surface area contributed by atoms with Crippen LogP contribution >= 0.6 is 0 Å². The second-order valence-corrected chi connectivity index (χ2v) is 3.43. The lowest BCUT2D eigenvalue weighted by Gasteiger charge is -2.17. The molecule has 0 bridgehead atoms. The van der Waals surface area contributed by atoms with E-state index in [2.05, 4.69) is 5.92 Å². The Balaban J connectivity index is 2.48. The zero-order valence-corrected chi connectivity index (χ0v) is 7.05. The van der Waals surface area contributed by atoms with Crippen LogP contribution in [-0.4, -0.2) is 24.4 Å². The van der Waals surface area contributed by atoms with E-state index in [4.69, 9.17) is 6.42 Å². The summed E-state index contributed by atoms with van der Waals surface area (Å²) in [4.78, 5) is 13.1. The summed E-state index contributed by atoms with van der Waals surface area (Å²) in [7, 11) is 1.76. The highest BCUT2D eigenvalue weighted by molar-refractivity contribution is 5.84. The third-order valence-corrected chi connectivity index (χ3v) is 2.19. The van der Waals surface area contributed by atoms with E-state index in [0.717, 1.165) is 12.8 Å². The highest BCUT2D eigenvalue weighted by atomic mass is 16.2. The minimum absolute atomic E-state index is 0.0778. The lowest BCUT2D eigenvalue weighted by atomic mass is 10.1. The molecule has 1 rings (SSSR count). The standard InChI is InChI=1S/C9H13NO/c1-4-7-10(3)8(11)9(2)5-6-9/h1H,5-7H2,2-3H3.